The van der Waals surface area contributed by atoms with E-state index in [1.165, 1.54) is 5.69 Å². The number of rotatable bonds is 2. The molecule has 0 radical (unpaired) electrons. The summed E-state index contributed by atoms with van der Waals surface area (Å²) in [6.45, 7) is 5.64. The molecule has 24 heavy (non-hydrogen) atoms. The molecule has 1 aromatic carbocycles. The van der Waals surface area contributed by atoms with Crippen LogP contribution < -0.4 is 0 Å². The summed E-state index contributed by atoms with van der Waals surface area (Å²) in [6.07, 6.45) is 3.99. The van der Waals surface area contributed by atoms with Gasteiger partial charge in [0.2, 0.25) is 0 Å². The van der Waals surface area contributed by atoms with E-state index in [-0.39, 0.29) is 11.9 Å². The van der Waals surface area contributed by atoms with E-state index in [0.29, 0.717) is 0 Å². The molecule has 0 bridgehead atoms. The summed E-state index contributed by atoms with van der Waals surface area (Å²) in [5.41, 5.74) is 3.96. The fourth-order valence-electron chi connectivity index (χ4n) is 3.72. The third kappa shape index (κ3) is 2.60. The number of hydrogen-bond donors (Lipinski definition) is 1. The van der Waals surface area contributed by atoms with Crippen LogP contribution in [0.2, 0.25) is 0 Å². The first-order valence-electron chi connectivity index (χ1n) is 8.51. The molecule has 1 saturated heterocycles. The van der Waals surface area contributed by atoms with Gasteiger partial charge >= 0.3 is 0 Å². The molecule has 1 aliphatic rings. The van der Waals surface area contributed by atoms with Crippen LogP contribution in [0.25, 0.3) is 10.9 Å². The summed E-state index contributed by atoms with van der Waals surface area (Å²) in [6, 6.07) is 10.3. The Morgan fingerprint density at radius 2 is 2.12 bits per heavy atom. The van der Waals surface area contributed by atoms with Crippen LogP contribution >= 0.6 is 0 Å². The molecule has 3 heterocycles. The van der Waals surface area contributed by atoms with E-state index < -0.39 is 0 Å². The van der Waals surface area contributed by atoms with E-state index in [2.05, 4.69) is 27.8 Å². The summed E-state index contributed by atoms with van der Waals surface area (Å²) in [5.74, 6) is 0.109. The average Bonchev–Trinajstić information content (AvgIpc) is 3.19. The fraction of sp³-hybridized carbons (Fsp3) is 0.368. The van der Waals surface area contributed by atoms with Gasteiger partial charge in [-0.1, -0.05) is 6.07 Å². The number of aryl methyl sites for hydroxylation is 2. The first kappa shape index (κ1) is 15.0. The smallest absolute Gasteiger partial charge is 0.254 e. The largest absolute Gasteiger partial charge is 0.361 e. The number of aromatic amines is 1. The Kier molecular flexibility index (Phi) is 3.63. The normalized spacial score (nSPS) is 18.2. The summed E-state index contributed by atoms with van der Waals surface area (Å²) in [5, 5.41) is 5.74. The number of carbonyl (C=O) groups is 1. The number of benzene rings is 1. The second-order valence-electron chi connectivity index (χ2n) is 6.70. The van der Waals surface area contributed by atoms with Crippen molar-refractivity contribution in [3.63, 3.8) is 0 Å². The van der Waals surface area contributed by atoms with Gasteiger partial charge in [-0.15, -0.1) is 0 Å². The minimum absolute atomic E-state index is 0.109. The van der Waals surface area contributed by atoms with Crippen LogP contribution in [0.15, 0.2) is 36.5 Å². The Balaban J connectivity index is 1.56. The van der Waals surface area contributed by atoms with Crippen LogP contribution in [-0.2, 0) is 0 Å². The molecule has 0 spiro atoms. The minimum Gasteiger partial charge on any atom is -0.361 e. The van der Waals surface area contributed by atoms with E-state index in [1.54, 1.807) is 0 Å². The van der Waals surface area contributed by atoms with E-state index in [0.717, 1.165) is 48.1 Å². The second-order valence-corrected chi connectivity index (χ2v) is 6.70. The van der Waals surface area contributed by atoms with Crippen molar-refractivity contribution in [2.24, 2.45) is 0 Å². The van der Waals surface area contributed by atoms with Gasteiger partial charge < -0.3 is 9.88 Å². The van der Waals surface area contributed by atoms with Crippen molar-refractivity contribution in [3.05, 3.63) is 53.5 Å². The van der Waals surface area contributed by atoms with E-state index >= 15 is 0 Å². The topological polar surface area (TPSA) is 53.9 Å². The van der Waals surface area contributed by atoms with Gasteiger partial charge in [0.1, 0.15) is 0 Å². The van der Waals surface area contributed by atoms with Crippen molar-refractivity contribution < 1.29 is 4.79 Å². The van der Waals surface area contributed by atoms with Crippen molar-refractivity contribution in [2.45, 2.75) is 32.7 Å². The first-order chi connectivity index (χ1) is 11.6. The number of nitrogens with one attached hydrogen (secondary N) is 1. The number of nitrogens with zero attached hydrogens (tertiary/aromatic N) is 3. The maximum atomic E-state index is 12.9. The number of amides is 1. The zero-order chi connectivity index (χ0) is 16.7. The SMILES string of the molecule is Cc1cc(C)n(C2CCCN(C(=O)c3ccc4cc[nH]c4c3)C2)n1. The van der Waals surface area contributed by atoms with Crippen LogP contribution in [0.5, 0.6) is 0 Å². The highest BCUT2D eigenvalue weighted by Crippen LogP contribution is 2.25. The van der Waals surface area contributed by atoms with Gasteiger partial charge in [-0.3, -0.25) is 9.48 Å². The number of hydrogen-bond acceptors (Lipinski definition) is 2. The first-order valence-corrected chi connectivity index (χ1v) is 8.51. The molecule has 1 aliphatic heterocycles. The Labute approximate surface area is 141 Å². The van der Waals surface area contributed by atoms with Gasteiger partial charge in [0.25, 0.3) is 5.91 Å². The molecule has 0 aliphatic carbocycles. The molecule has 1 amide bonds. The summed E-state index contributed by atoms with van der Waals surface area (Å²) >= 11 is 0. The molecule has 1 unspecified atom stereocenters. The molecule has 3 aromatic rings. The molecule has 0 saturated carbocycles. The van der Waals surface area contributed by atoms with Gasteiger partial charge in [-0.2, -0.15) is 5.10 Å². The molecule has 5 nitrogen and oxygen atoms in total. The van der Waals surface area contributed by atoms with Gasteiger partial charge in [0, 0.05) is 36.1 Å². The third-order valence-corrected chi connectivity index (χ3v) is 4.88. The lowest BCUT2D eigenvalue weighted by atomic mass is 10.0. The van der Waals surface area contributed by atoms with E-state index in [9.17, 15) is 4.79 Å². The van der Waals surface area contributed by atoms with Gasteiger partial charge in [-0.05, 0) is 56.3 Å². The highest BCUT2D eigenvalue weighted by atomic mass is 16.2. The van der Waals surface area contributed by atoms with Crippen molar-refractivity contribution in [1.29, 1.82) is 0 Å². The number of H-pyrrole nitrogens is 1. The second kappa shape index (κ2) is 5.82. The number of carbonyl (C=O) groups excluding carboxylic acids is 1. The maximum absolute atomic E-state index is 12.9. The molecule has 1 N–H and O–H groups in total. The molecule has 124 valence electrons. The summed E-state index contributed by atoms with van der Waals surface area (Å²) in [4.78, 5) is 18.1. The Bertz CT molecular complexity index is 892. The molecule has 1 atom stereocenters. The van der Waals surface area contributed by atoms with Gasteiger partial charge in [-0.25, -0.2) is 0 Å². The third-order valence-electron chi connectivity index (χ3n) is 4.88. The lowest BCUT2D eigenvalue weighted by Gasteiger charge is -2.33. The van der Waals surface area contributed by atoms with Crippen molar-refractivity contribution >= 4 is 16.8 Å². The van der Waals surface area contributed by atoms with Gasteiger partial charge in [0.15, 0.2) is 0 Å². The number of fused-ring (bicyclic) bond motifs is 1. The quantitative estimate of drug-likeness (QED) is 0.785. The molecular formula is C19H22N4O. The highest BCUT2D eigenvalue weighted by Gasteiger charge is 2.27. The average molecular weight is 322 g/mol. The summed E-state index contributed by atoms with van der Waals surface area (Å²) in [7, 11) is 0. The van der Waals surface area contributed by atoms with Crippen LogP contribution in [0.4, 0.5) is 0 Å². The number of aromatic nitrogens is 3. The predicted octanol–water partition coefficient (Wildman–Crippen LogP) is 3.46. The fourth-order valence-corrected chi connectivity index (χ4v) is 3.72. The summed E-state index contributed by atoms with van der Waals surface area (Å²) < 4.78 is 2.09. The Hall–Kier alpha value is -2.56. The van der Waals surface area contributed by atoms with Crippen LogP contribution in [0.3, 0.4) is 0 Å². The van der Waals surface area contributed by atoms with Crippen LogP contribution in [-0.4, -0.2) is 38.7 Å². The van der Waals surface area contributed by atoms with E-state index in [1.807, 2.05) is 42.3 Å². The predicted molar refractivity (Wildman–Crippen MR) is 94.2 cm³/mol. The zero-order valence-corrected chi connectivity index (χ0v) is 14.1. The maximum Gasteiger partial charge on any atom is 0.254 e. The monoisotopic (exact) mass is 322 g/mol. The lowest BCUT2D eigenvalue weighted by Crippen LogP contribution is -2.41. The number of piperidine rings is 1. The zero-order valence-electron chi connectivity index (χ0n) is 14.1. The molecular weight excluding hydrogens is 300 g/mol. The van der Waals surface area contributed by atoms with Crippen LogP contribution in [0, 0.1) is 13.8 Å². The Morgan fingerprint density at radius 1 is 1.25 bits per heavy atom. The number of likely N-dealkylation sites (tertiary alicyclic amines) is 1. The Morgan fingerprint density at radius 3 is 2.92 bits per heavy atom. The van der Waals surface area contributed by atoms with Crippen molar-refractivity contribution in [2.75, 3.05) is 13.1 Å². The van der Waals surface area contributed by atoms with Crippen molar-refractivity contribution in [1.82, 2.24) is 19.7 Å². The molecule has 1 fully saturated rings. The van der Waals surface area contributed by atoms with Gasteiger partial charge in [0.05, 0.1) is 11.7 Å². The van der Waals surface area contributed by atoms with E-state index in [4.69, 9.17) is 0 Å². The lowest BCUT2D eigenvalue weighted by molar-refractivity contribution is 0.0671. The minimum atomic E-state index is 0.109. The molecule has 4 rings (SSSR count). The molecule has 5 heteroatoms. The van der Waals surface area contributed by atoms with Crippen LogP contribution in [0.1, 0.15) is 40.6 Å². The molecule has 2 aromatic heterocycles. The van der Waals surface area contributed by atoms with Crippen molar-refractivity contribution in [3.8, 4) is 0 Å². The standard InChI is InChI=1S/C19H22N4O/c1-13-10-14(2)23(21-13)17-4-3-9-22(12-17)19(24)16-6-5-15-7-8-20-18(15)11-16/h5-8,10-11,17,20H,3-4,9,12H2,1-2H3. The highest BCUT2D eigenvalue weighted by molar-refractivity contribution is 5.98.